The van der Waals surface area contributed by atoms with E-state index >= 15 is 0 Å². The standard InChI is InChI=1S/C19H29N3O2/c1-15-11-22(12-16(2)24-15)14-19(23)20-18-7-5-17(6-8-18)13-21-9-3-4-10-21/h5-8,15-16H,3-4,9-14H2,1-2H3,(H,20,23)/t15-,16+. The zero-order valence-electron chi connectivity index (χ0n) is 14.8. The Morgan fingerprint density at radius 3 is 2.33 bits per heavy atom. The number of ether oxygens (including phenoxy) is 1. The maximum atomic E-state index is 12.3. The van der Waals surface area contributed by atoms with Crippen LogP contribution in [-0.4, -0.2) is 60.6 Å². The highest BCUT2D eigenvalue weighted by molar-refractivity contribution is 5.92. The molecule has 0 aromatic heterocycles. The molecular weight excluding hydrogens is 302 g/mol. The fraction of sp³-hybridized carbons (Fsp3) is 0.632. The highest BCUT2D eigenvalue weighted by atomic mass is 16.5. The molecule has 0 bridgehead atoms. The molecule has 0 aliphatic carbocycles. The summed E-state index contributed by atoms with van der Waals surface area (Å²) in [6, 6.07) is 8.25. The highest BCUT2D eigenvalue weighted by Gasteiger charge is 2.23. The molecular formula is C19H29N3O2. The average Bonchev–Trinajstić information content (AvgIpc) is 3.01. The molecule has 3 rings (SSSR count). The number of carbonyl (C=O) groups is 1. The Morgan fingerprint density at radius 2 is 1.71 bits per heavy atom. The highest BCUT2D eigenvalue weighted by Crippen LogP contribution is 2.16. The molecule has 2 fully saturated rings. The zero-order chi connectivity index (χ0) is 16.9. The van der Waals surface area contributed by atoms with Gasteiger partial charge in [-0.15, -0.1) is 0 Å². The Morgan fingerprint density at radius 1 is 1.08 bits per heavy atom. The van der Waals surface area contributed by atoms with Crippen LogP contribution in [0.4, 0.5) is 5.69 Å². The van der Waals surface area contributed by atoms with Gasteiger partial charge in [0, 0.05) is 25.3 Å². The first-order valence-corrected chi connectivity index (χ1v) is 9.07. The number of morpholine rings is 1. The van der Waals surface area contributed by atoms with E-state index in [2.05, 4.69) is 41.1 Å². The number of nitrogens with zero attached hydrogens (tertiary/aromatic N) is 2. The summed E-state index contributed by atoms with van der Waals surface area (Å²) in [7, 11) is 0. The maximum absolute atomic E-state index is 12.3. The number of nitrogens with one attached hydrogen (secondary N) is 1. The molecule has 1 aromatic carbocycles. The van der Waals surface area contributed by atoms with Gasteiger partial charge in [0.05, 0.1) is 18.8 Å². The van der Waals surface area contributed by atoms with Crippen molar-refractivity contribution in [3.8, 4) is 0 Å². The molecule has 0 spiro atoms. The predicted molar refractivity (Wildman–Crippen MR) is 96.0 cm³/mol. The van der Waals surface area contributed by atoms with Gasteiger partial charge in [0.25, 0.3) is 0 Å². The van der Waals surface area contributed by atoms with Gasteiger partial charge in [0.2, 0.25) is 5.91 Å². The van der Waals surface area contributed by atoms with Crippen LogP contribution in [-0.2, 0) is 16.1 Å². The lowest BCUT2D eigenvalue weighted by Crippen LogP contribution is -2.48. The first-order chi connectivity index (χ1) is 11.6. The summed E-state index contributed by atoms with van der Waals surface area (Å²) >= 11 is 0. The summed E-state index contributed by atoms with van der Waals surface area (Å²) in [6.45, 7) is 9.58. The second kappa shape index (κ2) is 8.10. The number of likely N-dealkylation sites (tertiary alicyclic amines) is 1. The number of anilines is 1. The van der Waals surface area contributed by atoms with Gasteiger partial charge in [0.15, 0.2) is 0 Å². The van der Waals surface area contributed by atoms with Gasteiger partial charge >= 0.3 is 0 Å². The van der Waals surface area contributed by atoms with Crippen molar-refractivity contribution in [1.29, 1.82) is 0 Å². The SMILES string of the molecule is C[C@@H]1CN(CC(=O)Nc2ccc(CN3CCCC3)cc2)C[C@H](C)O1. The molecule has 2 atom stereocenters. The van der Waals surface area contributed by atoms with Gasteiger partial charge in [-0.3, -0.25) is 14.6 Å². The molecule has 2 aliphatic rings. The lowest BCUT2D eigenvalue weighted by atomic mass is 10.2. The molecule has 1 aromatic rings. The van der Waals surface area contributed by atoms with Crippen LogP contribution < -0.4 is 5.32 Å². The summed E-state index contributed by atoms with van der Waals surface area (Å²) < 4.78 is 5.71. The van der Waals surface area contributed by atoms with Crippen LogP contribution in [0.15, 0.2) is 24.3 Å². The van der Waals surface area contributed by atoms with Gasteiger partial charge in [-0.05, 0) is 57.5 Å². The fourth-order valence-corrected chi connectivity index (χ4v) is 3.71. The molecule has 1 amide bonds. The third-order valence-electron chi connectivity index (χ3n) is 4.71. The van der Waals surface area contributed by atoms with E-state index < -0.39 is 0 Å². The predicted octanol–water partition coefficient (Wildman–Crippen LogP) is 2.33. The van der Waals surface area contributed by atoms with Crippen molar-refractivity contribution < 1.29 is 9.53 Å². The molecule has 5 nitrogen and oxygen atoms in total. The Hall–Kier alpha value is -1.43. The molecule has 2 saturated heterocycles. The largest absolute Gasteiger partial charge is 0.373 e. The van der Waals surface area contributed by atoms with Crippen molar-refractivity contribution in [3.05, 3.63) is 29.8 Å². The van der Waals surface area contributed by atoms with Gasteiger partial charge in [-0.25, -0.2) is 0 Å². The van der Waals surface area contributed by atoms with E-state index in [0.717, 1.165) is 25.3 Å². The van der Waals surface area contributed by atoms with Crippen LogP contribution in [0.3, 0.4) is 0 Å². The van der Waals surface area contributed by atoms with Crippen LogP contribution >= 0.6 is 0 Å². The van der Waals surface area contributed by atoms with E-state index in [4.69, 9.17) is 4.74 Å². The van der Waals surface area contributed by atoms with Crippen molar-refractivity contribution in [2.24, 2.45) is 0 Å². The van der Waals surface area contributed by atoms with Crippen molar-refractivity contribution in [2.45, 2.75) is 45.4 Å². The number of carbonyl (C=O) groups excluding carboxylic acids is 1. The average molecular weight is 331 g/mol. The second-order valence-corrected chi connectivity index (χ2v) is 7.18. The summed E-state index contributed by atoms with van der Waals surface area (Å²) in [6.07, 6.45) is 3.00. The van der Waals surface area contributed by atoms with E-state index in [1.165, 1.54) is 31.5 Å². The number of rotatable bonds is 5. The van der Waals surface area contributed by atoms with Crippen molar-refractivity contribution in [1.82, 2.24) is 9.80 Å². The number of hydrogen-bond donors (Lipinski definition) is 1. The summed E-state index contributed by atoms with van der Waals surface area (Å²) in [4.78, 5) is 16.9. The lowest BCUT2D eigenvalue weighted by Gasteiger charge is -2.34. The van der Waals surface area contributed by atoms with Gasteiger partial charge in [-0.1, -0.05) is 12.1 Å². The van der Waals surface area contributed by atoms with Gasteiger partial charge in [-0.2, -0.15) is 0 Å². The van der Waals surface area contributed by atoms with E-state index in [9.17, 15) is 4.79 Å². The monoisotopic (exact) mass is 331 g/mol. The van der Waals surface area contributed by atoms with Crippen LogP contribution in [0.25, 0.3) is 0 Å². The zero-order valence-corrected chi connectivity index (χ0v) is 14.8. The van der Waals surface area contributed by atoms with Gasteiger partial charge in [0.1, 0.15) is 0 Å². The Balaban J connectivity index is 1.47. The Labute approximate surface area is 145 Å². The van der Waals surface area contributed by atoms with Crippen molar-refractivity contribution in [3.63, 3.8) is 0 Å². The molecule has 0 saturated carbocycles. The van der Waals surface area contributed by atoms with E-state index in [0.29, 0.717) is 6.54 Å². The van der Waals surface area contributed by atoms with E-state index in [-0.39, 0.29) is 18.1 Å². The molecule has 1 N–H and O–H groups in total. The van der Waals surface area contributed by atoms with E-state index in [1.54, 1.807) is 0 Å². The van der Waals surface area contributed by atoms with Gasteiger partial charge < -0.3 is 10.1 Å². The molecule has 132 valence electrons. The maximum Gasteiger partial charge on any atom is 0.238 e. The molecule has 2 heterocycles. The smallest absolute Gasteiger partial charge is 0.238 e. The summed E-state index contributed by atoms with van der Waals surface area (Å²) in [5.41, 5.74) is 2.19. The topological polar surface area (TPSA) is 44.8 Å². The van der Waals surface area contributed by atoms with Crippen molar-refractivity contribution in [2.75, 3.05) is 38.0 Å². The number of amides is 1. The quantitative estimate of drug-likeness (QED) is 0.899. The Kier molecular flexibility index (Phi) is 5.87. The number of hydrogen-bond acceptors (Lipinski definition) is 4. The van der Waals surface area contributed by atoms with Crippen LogP contribution in [0.5, 0.6) is 0 Å². The molecule has 0 unspecified atom stereocenters. The van der Waals surface area contributed by atoms with Crippen LogP contribution in [0, 0.1) is 0 Å². The van der Waals surface area contributed by atoms with E-state index in [1.807, 2.05) is 12.1 Å². The molecule has 0 radical (unpaired) electrons. The lowest BCUT2D eigenvalue weighted by molar-refractivity contribution is -0.121. The molecule has 2 aliphatic heterocycles. The van der Waals surface area contributed by atoms with Crippen molar-refractivity contribution >= 4 is 11.6 Å². The summed E-state index contributed by atoms with van der Waals surface area (Å²) in [5, 5.41) is 3.00. The Bertz CT molecular complexity index is 530. The number of benzene rings is 1. The first-order valence-electron chi connectivity index (χ1n) is 9.07. The van der Waals surface area contributed by atoms with Crippen LogP contribution in [0.1, 0.15) is 32.3 Å². The third kappa shape index (κ3) is 5.03. The van der Waals surface area contributed by atoms with Crippen LogP contribution in [0.2, 0.25) is 0 Å². The fourth-order valence-electron chi connectivity index (χ4n) is 3.71. The minimum absolute atomic E-state index is 0.0450. The summed E-state index contributed by atoms with van der Waals surface area (Å²) in [5.74, 6) is 0.0450. The second-order valence-electron chi connectivity index (χ2n) is 7.18. The molecule has 5 heteroatoms. The third-order valence-corrected chi connectivity index (χ3v) is 4.71. The minimum Gasteiger partial charge on any atom is -0.373 e. The first kappa shape index (κ1) is 17.4. The minimum atomic E-state index is 0.0450. The molecule has 24 heavy (non-hydrogen) atoms. The normalized spacial score (nSPS) is 25.8.